The number of aromatic hydroxyl groups is 1. The van der Waals surface area contributed by atoms with E-state index in [-0.39, 0.29) is 43.3 Å². The molecular weight excluding hydrogens is 461 g/mol. The number of pyridine rings is 1. The van der Waals surface area contributed by atoms with Crippen LogP contribution >= 0.6 is 9.16 Å². The van der Waals surface area contributed by atoms with Crippen molar-refractivity contribution in [2.75, 3.05) is 36.9 Å². The van der Waals surface area contributed by atoms with Crippen molar-refractivity contribution in [1.82, 2.24) is 9.88 Å². The average Bonchev–Trinajstić information content (AvgIpc) is 2.70. The zero-order chi connectivity index (χ0) is 25.3. The van der Waals surface area contributed by atoms with Crippen LogP contribution in [0.4, 0.5) is 10.1 Å². The lowest BCUT2D eigenvalue weighted by Gasteiger charge is -2.47. The Labute approximate surface area is 198 Å². The maximum absolute atomic E-state index is 14.9. The van der Waals surface area contributed by atoms with Gasteiger partial charge in [-0.2, -0.15) is 0 Å². The fraction of sp³-hybridized carbons (Fsp3) is 0.417. The van der Waals surface area contributed by atoms with Gasteiger partial charge in [0.25, 0.3) is 5.91 Å². The number of hydrogen-bond acceptors (Lipinski definition) is 5. The number of rotatable bonds is 7. The summed E-state index contributed by atoms with van der Waals surface area (Å²) >= 11 is 0. The fourth-order valence-electron chi connectivity index (χ4n) is 4.08. The van der Waals surface area contributed by atoms with Gasteiger partial charge in [-0.1, -0.05) is 0 Å². The van der Waals surface area contributed by atoms with Gasteiger partial charge in [0.2, 0.25) is 11.8 Å². The van der Waals surface area contributed by atoms with Crippen LogP contribution in [0.5, 0.6) is 5.88 Å². The number of aliphatic carboxylic acids is 1. The normalized spacial score (nSPS) is 16.8. The zero-order valence-electron chi connectivity index (χ0n) is 19.8. The second kappa shape index (κ2) is 9.25. The lowest BCUT2D eigenvalue weighted by Crippen LogP contribution is -2.45. The topological polar surface area (TPSA) is 120 Å². The number of thiol groups is 1. The van der Waals surface area contributed by atoms with Crippen molar-refractivity contribution in [3.63, 3.8) is 0 Å². The quantitative estimate of drug-likeness (QED) is 0.440. The number of carboxylic acid groups (broad SMARTS) is 1. The van der Waals surface area contributed by atoms with E-state index < -0.39 is 32.9 Å². The third-order valence-electron chi connectivity index (χ3n) is 5.72. The average molecular weight is 494 g/mol. The SMILES string of the molecule is C[SH](C)(C)(C)c1ccc(NC(=O)C2c3ccc(O)nc3CCN2C(=O)CCCC(=O)O)cc1F. The van der Waals surface area contributed by atoms with E-state index in [9.17, 15) is 23.9 Å². The minimum atomic E-state index is -2.36. The third kappa shape index (κ3) is 5.85. The summed E-state index contributed by atoms with van der Waals surface area (Å²) in [6, 6.07) is 6.48. The molecule has 10 heteroatoms. The maximum atomic E-state index is 14.9. The van der Waals surface area contributed by atoms with Gasteiger partial charge in [-0.05, 0) is 55.7 Å². The molecule has 1 unspecified atom stereocenters. The van der Waals surface area contributed by atoms with E-state index in [1.165, 1.54) is 17.0 Å². The van der Waals surface area contributed by atoms with Crippen molar-refractivity contribution >= 4 is 32.6 Å². The maximum Gasteiger partial charge on any atom is 0.303 e. The molecule has 0 radical (unpaired) electrons. The Kier molecular flexibility index (Phi) is 6.93. The Hall–Kier alpha value is -3.14. The van der Waals surface area contributed by atoms with E-state index in [0.29, 0.717) is 22.6 Å². The molecule has 2 aromatic rings. The van der Waals surface area contributed by atoms with Crippen LogP contribution in [0.3, 0.4) is 0 Å². The zero-order valence-corrected chi connectivity index (χ0v) is 20.7. The molecule has 3 N–H and O–H groups in total. The highest BCUT2D eigenvalue weighted by Gasteiger charge is 2.37. The van der Waals surface area contributed by atoms with Gasteiger partial charge < -0.3 is 20.4 Å². The summed E-state index contributed by atoms with van der Waals surface area (Å²) in [4.78, 5) is 43.2. The van der Waals surface area contributed by atoms with E-state index in [1.807, 2.05) is 25.0 Å². The van der Waals surface area contributed by atoms with Gasteiger partial charge in [-0.3, -0.25) is 23.5 Å². The van der Waals surface area contributed by atoms with Crippen LogP contribution in [0.2, 0.25) is 0 Å². The summed E-state index contributed by atoms with van der Waals surface area (Å²) in [6.07, 6.45) is 8.48. The van der Waals surface area contributed by atoms with Crippen molar-refractivity contribution in [1.29, 1.82) is 0 Å². The highest BCUT2D eigenvalue weighted by atomic mass is 32.3. The molecule has 3 rings (SSSR count). The van der Waals surface area contributed by atoms with Crippen LogP contribution in [-0.4, -0.2) is 69.4 Å². The summed E-state index contributed by atoms with van der Waals surface area (Å²) in [5.74, 6) is -2.47. The molecule has 34 heavy (non-hydrogen) atoms. The molecule has 8 nitrogen and oxygen atoms in total. The van der Waals surface area contributed by atoms with E-state index in [1.54, 1.807) is 18.2 Å². The number of benzene rings is 1. The smallest absolute Gasteiger partial charge is 0.303 e. The summed E-state index contributed by atoms with van der Waals surface area (Å²) in [7, 11) is -2.36. The largest absolute Gasteiger partial charge is 0.493 e. The van der Waals surface area contributed by atoms with Crippen molar-refractivity contribution in [3.05, 3.63) is 47.4 Å². The van der Waals surface area contributed by atoms with Crippen molar-refractivity contribution < 1.29 is 29.0 Å². The van der Waals surface area contributed by atoms with Crippen LogP contribution < -0.4 is 5.32 Å². The number of anilines is 1. The summed E-state index contributed by atoms with van der Waals surface area (Å²) < 4.78 is 14.9. The highest BCUT2D eigenvalue weighted by Crippen LogP contribution is 2.64. The van der Waals surface area contributed by atoms with Crippen LogP contribution in [0.1, 0.15) is 36.6 Å². The summed E-state index contributed by atoms with van der Waals surface area (Å²) in [5, 5.41) is 21.3. The number of halogens is 1. The predicted molar refractivity (Wildman–Crippen MR) is 132 cm³/mol. The Morgan fingerprint density at radius 1 is 1.15 bits per heavy atom. The molecule has 2 heterocycles. The second-order valence-corrected chi connectivity index (χ2v) is 18.1. The van der Waals surface area contributed by atoms with Gasteiger partial charge >= 0.3 is 5.97 Å². The summed E-state index contributed by atoms with van der Waals surface area (Å²) in [6.45, 7) is 0.187. The number of amides is 2. The first kappa shape index (κ1) is 25.5. The van der Waals surface area contributed by atoms with Crippen molar-refractivity contribution in [2.45, 2.75) is 36.6 Å². The number of fused-ring (bicyclic) bond motifs is 1. The molecule has 0 aliphatic carbocycles. The number of carboxylic acids is 1. The van der Waals surface area contributed by atoms with Gasteiger partial charge in [0.15, 0.2) is 0 Å². The van der Waals surface area contributed by atoms with Gasteiger partial charge in [0, 0.05) is 48.0 Å². The minimum absolute atomic E-state index is 0.0205. The third-order valence-corrected chi connectivity index (χ3v) is 8.01. The van der Waals surface area contributed by atoms with Gasteiger partial charge in [-0.15, -0.1) is 0 Å². The van der Waals surface area contributed by atoms with Crippen molar-refractivity contribution in [3.8, 4) is 5.88 Å². The highest BCUT2D eigenvalue weighted by molar-refractivity contribution is 8.47. The lowest BCUT2D eigenvalue weighted by atomic mass is 9.95. The fourth-order valence-corrected chi connectivity index (χ4v) is 5.67. The second-order valence-electron chi connectivity index (χ2n) is 10.4. The standard InChI is InChI=1S/C24H32FN3O5S/c1-34(2,3,4)19-10-8-15(14-17(19)25)26-24(33)23-16-9-11-20(29)27-18(16)12-13-28(23)21(30)6-5-7-22(31)32/h8-11,14,23,34H,5-7,12-13H2,1-4H3,(H,26,33)(H,27,29)(H,31,32). The number of nitrogens with zero attached hydrogens (tertiary/aromatic N) is 2. The number of nitrogens with one attached hydrogen (secondary N) is 1. The summed E-state index contributed by atoms with van der Waals surface area (Å²) in [5.41, 5.74) is 1.24. The van der Waals surface area contributed by atoms with E-state index in [0.717, 1.165) is 0 Å². The molecule has 0 saturated heterocycles. The first-order valence-corrected chi connectivity index (χ1v) is 15.1. The number of carbonyl (C=O) groups excluding carboxylic acids is 2. The lowest BCUT2D eigenvalue weighted by molar-refractivity contribution is -0.140. The Morgan fingerprint density at radius 2 is 1.85 bits per heavy atom. The Morgan fingerprint density at radius 3 is 2.47 bits per heavy atom. The molecule has 2 amide bonds. The molecule has 186 valence electrons. The predicted octanol–water partition coefficient (Wildman–Crippen LogP) is 3.20. The van der Waals surface area contributed by atoms with Gasteiger partial charge in [0.05, 0.1) is 5.69 Å². The molecule has 1 aromatic heterocycles. The Balaban J connectivity index is 1.89. The molecule has 1 aliphatic heterocycles. The van der Waals surface area contributed by atoms with Crippen molar-refractivity contribution in [2.24, 2.45) is 0 Å². The first-order chi connectivity index (χ1) is 15.7. The van der Waals surface area contributed by atoms with Crippen LogP contribution in [0, 0.1) is 5.82 Å². The molecule has 0 bridgehead atoms. The van der Waals surface area contributed by atoms with Gasteiger partial charge in [0.1, 0.15) is 11.9 Å². The number of carbonyl (C=O) groups is 3. The first-order valence-electron chi connectivity index (χ1n) is 11.0. The van der Waals surface area contributed by atoms with Crippen LogP contribution in [0.15, 0.2) is 35.2 Å². The number of aromatic nitrogens is 1. The molecule has 0 fully saturated rings. The van der Waals surface area contributed by atoms with Gasteiger partial charge in [-0.25, -0.2) is 9.37 Å². The Bertz CT molecular complexity index is 1140. The van der Waals surface area contributed by atoms with E-state index in [2.05, 4.69) is 10.3 Å². The monoisotopic (exact) mass is 493 g/mol. The minimum Gasteiger partial charge on any atom is -0.493 e. The molecule has 1 aromatic carbocycles. The van der Waals surface area contributed by atoms with Crippen LogP contribution in [-0.2, 0) is 20.8 Å². The van der Waals surface area contributed by atoms with E-state index >= 15 is 0 Å². The molecule has 0 spiro atoms. The van der Waals surface area contributed by atoms with Crippen LogP contribution in [0.25, 0.3) is 0 Å². The number of hydrogen-bond donors (Lipinski definition) is 4. The molecule has 1 atom stereocenters. The molecule has 1 aliphatic rings. The molecule has 0 saturated carbocycles. The molecular formula is C24H32FN3O5S. The van der Waals surface area contributed by atoms with E-state index in [4.69, 9.17) is 5.11 Å².